The second-order valence-corrected chi connectivity index (χ2v) is 15.1. The highest BCUT2D eigenvalue weighted by atomic mass is 32.2. The predicted molar refractivity (Wildman–Crippen MR) is 122 cm³/mol. The van der Waals surface area contributed by atoms with Gasteiger partial charge in [-0.1, -0.05) is 50.7 Å². The number of carboxylic acids is 1. The average molecular weight is 456 g/mol. The number of rotatable bonds is 8. The lowest BCUT2D eigenvalue weighted by molar-refractivity contribution is -0.158. The van der Waals surface area contributed by atoms with E-state index in [9.17, 15) is 9.59 Å². The number of carbonyl (C=O) groups excluding carboxylic acids is 1. The van der Waals surface area contributed by atoms with Crippen molar-refractivity contribution in [3.05, 3.63) is 30.3 Å². The number of β-lactam (4-membered cyclic amide) rings is 1. The molecule has 1 fully saturated rings. The first-order valence-electron chi connectivity index (χ1n) is 9.52. The minimum absolute atomic E-state index is 0.0885. The highest BCUT2D eigenvalue weighted by Crippen LogP contribution is 2.40. The summed E-state index contributed by atoms with van der Waals surface area (Å²) >= 11 is 6.54. The summed E-state index contributed by atoms with van der Waals surface area (Å²) < 4.78 is 12.1. The van der Waals surface area contributed by atoms with Gasteiger partial charge in [-0.3, -0.25) is 9.59 Å². The molecule has 1 aromatic rings. The van der Waals surface area contributed by atoms with E-state index in [1.54, 1.807) is 12.1 Å². The van der Waals surface area contributed by atoms with E-state index in [1.165, 1.54) is 16.7 Å². The summed E-state index contributed by atoms with van der Waals surface area (Å²) in [6.45, 7) is 11.0. The number of amides is 1. The van der Waals surface area contributed by atoms with Gasteiger partial charge in [-0.2, -0.15) is 0 Å². The molecule has 1 heterocycles. The van der Waals surface area contributed by atoms with Crippen molar-refractivity contribution in [2.45, 2.75) is 50.7 Å². The molecule has 0 aromatic heterocycles. The molecule has 1 N–H and O–H groups in total. The molecule has 2 atom stereocenters. The third-order valence-corrected chi connectivity index (χ3v) is 11.4. The zero-order valence-corrected chi connectivity index (χ0v) is 20.1. The number of nitrogens with zero attached hydrogens (tertiary/aromatic N) is 1. The second-order valence-electron chi connectivity index (χ2n) is 8.54. The van der Waals surface area contributed by atoms with Crippen molar-refractivity contribution >= 4 is 48.6 Å². The van der Waals surface area contributed by atoms with E-state index in [2.05, 4.69) is 33.9 Å². The van der Waals surface area contributed by atoms with Crippen LogP contribution in [0.15, 0.2) is 30.3 Å². The van der Waals surface area contributed by atoms with Crippen LogP contribution in [0.4, 0.5) is 0 Å². The molecule has 0 unspecified atom stereocenters. The van der Waals surface area contributed by atoms with Crippen molar-refractivity contribution < 1.29 is 23.9 Å². The Bertz CT molecular complexity index is 751. The van der Waals surface area contributed by atoms with E-state index >= 15 is 0 Å². The van der Waals surface area contributed by atoms with Crippen LogP contribution in [-0.4, -0.2) is 53.1 Å². The van der Waals surface area contributed by atoms with Gasteiger partial charge in [0.05, 0.1) is 11.3 Å². The number of thiocarbonyl (C=S) groups is 1. The molecular weight excluding hydrogens is 426 g/mol. The Hall–Kier alpha value is -1.42. The number of aliphatic carboxylic acids is 1. The first-order chi connectivity index (χ1) is 13.4. The van der Waals surface area contributed by atoms with E-state index in [0.717, 1.165) is 0 Å². The van der Waals surface area contributed by atoms with Crippen LogP contribution in [0.1, 0.15) is 27.2 Å². The fourth-order valence-electron chi connectivity index (χ4n) is 2.69. The molecule has 1 aromatic carbocycles. The molecule has 0 aliphatic carbocycles. The normalized spacial score (nSPS) is 19.6. The predicted octanol–water partition coefficient (Wildman–Crippen LogP) is 4.36. The van der Waals surface area contributed by atoms with Crippen molar-refractivity contribution in [1.29, 1.82) is 0 Å². The summed E-state index contributed by atoms with van der Waals surface area (Å²) in [4.78, 5) is 25.0. The maximum absolute atomic E-state index is 12.5. The Morgan fingerprint density at radius 3 is 2.45 bits per heavy atom. The largest absolute Gasteiger partial charge is 0.480 e. The molecule has 0 bridgehead atoms. The van der Waals surface area contributed by atoms with Gasteiger partial charge in [-0.15, -0.1) is 0 Å². The van der Waals surface area contributed by atoms with Gasteiger partial charge < -0.3 is 19.2 Å². The summed E-state index contributed by atoms with van der Waals surface area (Å²) in [5.74, 6) is -0.944. The fraction of sp³-hybridized carbons (Fsp3) is 0.550. The highest BCUT2D eigenvalue weighted by molar-refractivity contribution is 8.23. The molecule has 1 aliphatic heterocycles. The molecule has 29 heavy (non-hydrogen) atoms. The van der Waals surface area contributed by atoms with Gasteiger partial charge in [-0.25, -0.2) is 0 Å². The third-order valence-electron chi connectivity index (χ3n) is 5.42. The van der Waals surface area contributed by atoms with Gasteiger partial charge in [0.1, 0.15) is 12.3 Å². The molecular formula is C20H29NO5S2Si. The Labute approximate surface area is 183 Å². The number of thioether (sulfide) groups is 1. The molecule has 2 rings (SSSR count). The molecule has 0 radical (unpaired) electrons. The van der Waals surface area contributed by atoms with Crippen LogP contribution in [0, 0.1) is 5.92 Å². The topological polar surface area (TPSA) is 76.1 Å². The second kappa shape index (κ2) is 9.59. The lowest BCUT2D eigenvalue weighted by Crippen LogP contribution is -2.61. The van der Waals surface area contributed by atoms with Crippen molar-refractivity contribution in [3.8, 4) is 5.75 Å². The van der Waals surface area contributed by atoms with Crippen LogP contribution in [0.2, 0.25) is 18.1 Å². The van der Waals surface area contributed by atoms with Crippen molar-refractivity contribution in [2.24, 2.45) is 5.92 Å². The molecule has 1 amide bonds. The smallest absolute Gasteiger partial charge is 0.323 e. The average Bonchev–Trinajstić information content (AvgIpc) is 2.62. The standard InChI is InChI=1S/C20H29NO5S2Si/c1-20(2,3)29(4,5)25-12-11-15-17(24)21(13-16(22)23)18(15)28-19(27)26-14-9-7-6-8-10-14/h6-10,15,18H,11-13H2,1-5H3,(H,22,23)/t15-,18+/m0/s1. The van der Waals surface area contributed by atoms with Crippen LogP contribution < -0.4 is 4.74 Å². The number of carboxylic acid groups (broad SMARTS) is 1. The first-order valence-corrected chi connectivity index (χ1v) is 13.7. The molecule has 1 aliphatic rings. The lowest BCUT2D eigenvalue weighted by Gasteiger charge is -2.46. The van der Waals surface area contributed by atoms with E-state index in [1.807, 2.05) is 18.2 Å². The van der Waals surface area contributed by atoms with E-state index in [0.29, 0.717) is 18.8 Å². The van der Waals surface area contributed by atoms with E-state index in [4.69, 9.17) is 26.5 Å². The molecule has 6 nitrogen and oxygen atoms in total. The molecule has 1 saturated heterocycles. The number of para-hydroxylation sites is 1. The van der Waals surface area contributed by atoms with Crippen LogP contribution in [0.25, 0.3) is 0 Å². The summed E-state index contributed by atoms with van der Waals surface area (Å²) in [5, 5.41) is 8.85. The number of likely N-dealkylation sites (tertiary alicyclic amines) is 1. The number of benzene rings is 1. The van der Waals surface area contributed by atoms with Crippen LogP contribution >= 0.6 is 24.0 Å². The number of carbonyl (C=O) groups is 2. The summed E-state index contributed by atoms with van der Waals surface area (Å²) in [5.41, 5.74) is 0. The van der Waals surface area contributed by atoms with Crippen LogP contribution in [0.5, 0.6) is 5.75 Å². The maximum atomic E-state index is 12.5. The van der Waals surface area contributed by atoms with Gasteiger partial charge in [0.15, 0.2) is 8.32 Å². The molecule has 160 valence electrons. The van der Waals surface area contributed by atoms with Gasteiger partial charge in [0, 0.05) is 6.61 Å². The minimum atomic E-state index is -1.91. The molecule has 0 saturated carbocycles. The van der Waals surface area contributed by atoms with Gasteiger partial charge in [-0.05, 0) is 48.9 Å². The summed E-state index contributed by atoms with van der Waals surface area (Å²) in [6, 6.07) is 9.14. The lowest BCUT2D eigenvalue weighted by atomic mass is 9.95. The minimum Gasteiger partial charge on any atom is -0.480 e. The summed E-state index contributed by atoms with van der Waals surface area (Å²) in [6.07, 6.45) is 0.535. The summed E-state index contributed by atoms with van der Waals surface area (Å²) in [7, 11) is -1.91. The molecule has 0 spiro atoms. The van der Waals surface area contributed by atoms with Gasteiger partial charge in [0.25, 0.3) is 0 Å². The van der Waals surface area contributed by atoms with Crippen molar-refractivity contribution in [1.82, 2.24) is 4.90 Å². The Morgan fingerprint density at radius 1 is 1.28 bits per heavy atom. The SMILES string of the molecule is CC(C)(C)[Si](C)(C)OCC[C@H]1C(=O)N(CC(=O)O)[C@@H]1SC(=S)Oc1ccccc1. The van der Waals surface area contributed by atoms with Crippen molar-refractivity contribution in [2.75, 3.05) is 13.2 Å². The van der Waals surface area contributed by atoms with E-state index < -0.39 is 14.3 Å². The monoisotopic (exact) mass is 455 g/mol. The highest BCUT2D eigenvalue weighted by Gasteiger charge is 2.49. The molecule has 9 heteroatoms. The zero-order valence-electron chi connectivity index (χ0n) is 17.5. The quantitative estimate of drug-likeness (QED) is 0.354. The first kappa shape index (κ1) is 23.9. The Morgan fingerprint density at radius 2 is 1.90 bits per heavy atom. The fourth-order valence-corrected chi connectivity index (χ4v) is 5.20. The van der Waals surface area contributed by atoms with Crippen LogP contribution in [0.3, 0.4) is 0 Å². The number of ether oxygens (including phenoxy) is 1. The van der Waals surface area contributed by atoms with Gasteiger partial charge >= 0.3 is 5.97 Å². The Kier molecular flexibility index (Phi) is 7.89. The number of hydrogen-bond donors (Lipinski definition) is 1. The van der Waals surface area contributed by atoms with E-state index in [-0.39, 0.29) is 33.2 Å². The van der Waals surface area contributed by atoms with Gasteiger partial charge in [0.2, 0.25) is 10.3 Å². The van der Waals surface area contributed by atoms with Crippen LogP contribution in [-0.2, 0) is 14.0 Å². The zero-order chi connectivity index (χ0) is 21.8. The van der Waals surface area contributed by atoms with Crippen molar-refractivity contribution in [3.63, 3.8) is 0 Å². The Balaban J connectivity index is 1.99. The third kappa shape index (κ3) is 6.28. The number of hydrogen-bond acceptors (Lipinski definition) is 6. The maximum Gasteiger partial charge on any atom is 0.323 e.